The second-order valence-corrected chi connectivity index (χ2v) is 3.97. The maximum Gasteiger partial charge on any atom is 0.132 e. The molecule has 0 fully saturated rings. The largest absolute Gasteiger partial charge is 0.411 e. The van der Waals surface area contributed by atoms with Crippen molar-refractivity contribution in [2.75, 3.05) is 0 Å². The molecule has 5 nitrogen and oxygen atoms in total. The quantitative estimate of drug-likeness (QED) is 0.326. The number of hydrogen-bond donors (Lipinski definition) is 3. The monoisotopic (exact) mass is 235 g/mol. The molecule has 0 heterocycles. The van der Waals surface area contributed by atoms with Gasteiger partial charge in [-0.1, -0.05) is 22.9 Å². The Kier molecular flexibility index (Phi) is 4.66. The Balaban J connectivity index is 2.98. The molecule has 0 aliphatic carbocycles. The first-order valence-electron chi connectivity index (χ1n) is 5.29. The van der Waals surface area contributed by atoms with Crippen LogP contribution in [0.1, 0.15) is 24.5 Å². The number of nitrogens with one attached hydrogen (secondary N) is 1. The van der Waals surface area contributed by atoms with Gasteiger partial charge in [0.2, 0.25) is 0 Å². The number of nitrogens with zero attached hydrogens (tertiary/aromatic N) is 2. The molecule has 0 atom stereocenters. The van der Waals surface area contributed by atoms with Gasteiger partial charge in [0, 0.05) is 6.42 Å². The van der Waals surface area contributed by atoms with Crippen LogP contribution in [0.25, 0.3) is 0 Å². The average Bonchev–Trinajstić information content (AvgIpc) is 2.31. The molecule has 0 aromatic heterocycles. The highest BCUT2D eigenvalue weighted by Crippen LogP contribution is 2.19. The fourth-order valence-corrected chi connectivity index (χ4v) is 1.46. The lowest BCUT2D eigenvalue weighted by Gasteiger charge is -2.06. The van der Waals surface area contributed by atoms with Crippen LogP contribution in [0.15, 0.2) is 28.3 Å². The molecule has 0 unspecified atom stereocenters. The van der Waals surface area contributed by atoms with Crippen molar-refractivity contribution in [1.82, 2.24) is 5.48 Å². The van der Waals surface area contributed by atoms with Crippen molar-refractivity contribution < 1.29 is 10.4 Å². The van der Waals surface area contributed by atoms with Crippen LogP contribution in [0, 0.1) is 13.8 Å². The van der Waals surface area contributed by atoms with Crippen molar-refractivity contribution in [3.63, 3.8) is 0 Å². The van der Waals surface area contributed by atoms with Crippen molar-refractivity contribution in [2.24, 2.45) is 10.1 Å². The molecule has 1 rings (SSSR count). The zero-order valence-electron chi connectivity index (χ0n) is 10.2. The lowest BCUT2D eigenvalue weighted by atomic mass is 10.1. The molecule has 0 saturated heterocycles. The molecule has 0 spiro atoms. The minimum absolute atomic E-state index is 0.264. The molecule has 0 saturated carbocycles. The van der Waals surface area contributed by atoms with Crippen molar-refractivity contribution in [2.45, 2.75) is 27.2 Å². The third-order valence-electron chi connectivity index (χ3n) is 2.33. The Labute approximate surface area is 100 Å². The van der Waals surface area contributed by atoms with Gasteiger partial charge in [-0.2, -0.15) is 0 Å². The Hall–Kier alpha value is -1.88. The number of hydrogen-bond acceptors (Lipinski definition) is 4. The first-order chi connectivity index (χ1) is 8.06. The highest BCUT2D eigenvalue weighted by atomic mass is 16.5. The maximum atomic E-state index is 8.96. The molecule has 3 N–H and O–H groups in total. The number of aryl methyl sites for hydroxylation is 2. The number of hydroxylamine groups is 1. The second kappa shape index (κ2) is 6.00. The van der Waals surface area contributed by atoms with Crippen molar-refractivity contribution in [1.29, 1.82) is 0 Å². The maximum absolute atomic E-state index is 8.96. The molecule has 17 heavy (non-hydrogen) atoms. The minimum atomic E-state index is 0.264. The molecule has 0 aliphatic rings. The van der Waals surface area contributed by atoms with Gasteiger partial charge in [0.05, 0.1) is 11.4 Å². The van der Waals surface area contributed by atoms with Gasteiger partial charge in [-0.05, 0) is 32.4 Å². The zero-order valence-corrected chi connectivity index (χ0v) is 10.2. The highest BCUT2D eigenvalue weighted by Gasteiger charge is 2.03. The van der Waals surface area contributed by atoms with Gasteiger partial charge in [-0.25, -0.2) is 4.99 Å². The van der Waals surface area contributed by atoms with E-state index >= 15 is 0 Å². The summed E-state index contributed by atoms with van der Waals surface area (Å²) in [7, 11) is 0. The van der Waals surface area contributed by atoms with E-state index in [1.807, 2.05) is 37.5 Å². The number of aliphatic imine (C=N–C) groups is 1. The summed E-state index contributed by atoms with van der Waals surface area (Å²) < 4.78 is 0. The van der Waals surface area contributed by atoms with Crippen molar-refractivity contribution in [3.05, 3.63) is 29.3 Å². The predicted octanol–water partition coefficient (Wildman–Crippen LogP) is 2.55. The van der Waals surface area contributed by atoms with Gasteiger partial charge >= 0.3 is 0 Å². The standard InChI is InChI=1S/C12H17N3O2/c1-8-4-5-11(9(2)6-8)13-12(15-17)7-10(3)14-16/h4-6,16-17H,7H2,1-3H3,(H,13,15). The fraction of sp³-hybridized carbons (Fsp3) is 0.333. The molecular formula is C12H17N3O2. The van der Waals surface area contributed by atoms with Gasteiger partial charge in [-0.3, -0.25) is 10.7 Å². The first-order valence-corrected chi connectivity index (χ1v) is 5.29. The average molecular weight is 235 g/mol. The Morgan fingerprint density at radius 3 is 2.59 bits per heavy atom. The van der Waals surface area contributed by atoms with Gasteiger partial charge in [-0.15, -0.1) is 0 Å². The van der Waals surface area contributed by atoms with Crippen LogP contribution in [0.5, 0.6) is 0 Å². The minimum Gasteiger partial charge on any atom is -0.411 e. The first kappa shape index (κ1) is 13.2. The van der Waals surface area contributed by atoms with E-state index in [1.54, 1.807) is 6.92 Å². The van der Waals surface area contributed by atoms with E-state index in [4.69, 9.17) is 10.4 Å². The van der Waals surface area contributed by atoms with E-state index in [9.17, 15) is 0 Å². The molecular weight excluding hydrogens is 218 g/mol. The summed E-state index contributed by atoms with van der Waals surface area (Å²) in [6, 6.07) is 5.85. The van der Waals surface area contributed by atoms with E-state index in [0.29, 0.717) is 11.5 Å². The van der Waals surface area contributed by atoms with E-state index in [1.165, 1.54) is 0 Å². The van der Waals surface area contributed by atoms with Crippen molar-refractivity contribution >= 4 is 17.2 Å². The third kappa shape index (κ3) is 3.88. The van der Waals surface area contributed by atoms with E-state index in [0.717, 1.165) is 16.8 Å². The summed E-state index contributed by atoms with van der Waals surface area (Å²) in [6.45, 7) is 5.61. The molecule has 0 amide bonds. The summed E-state index contributed by atoms with van der Waals surface area (Å²) in [5.41, 5.74) is 5.44. The van der Waals surface area contributed by atoms with Gasteiger partial charge in [0.15, 0.2) is 0 Å². The smallest absolute Gasteiger partial charge is 0.132 e. The molecule has 1 aromatic rings. The van der Waals surface area contributed by atoms with Crippen LogP contribution >= 0.6 is 0 Å². The normalized spacial score (nSPS) is 12.7. The topological polar surface area (TPSA) is 77.2 Å². The summed E-state index contributed by atoms with van der Waals surface area (Å²) >= 11 is 0. The Bertz CT molecular complexity index is 453. The molecule has 0 aliphatic heterocycles. The summed E-state index contributed by atoms with van der Waals surface area (Å²) in [5, 5.41) is 20.6. The van der Waals surface area contributed by atoms with Crippen LogP contribution in [-0.4, -0.2) is 22.0 Å². The predicted molar refractivity (Wildman–Crippen MR) is 67.4 cm³/mol. The Morgan fingerprint density at radius 2 is 2.06 bits per heavy atom. The molecule has 0 radical (unpaired) electrons. The summed E-state index contributed by atoms with van der Waals surface area (Å²) in [5.74, 6) is 0.340. The number of oxime groups is 1. The summed E-state index contributed by atoms with van der Waals surface area (Å²) in [4.78, 5) is 4.27. The molecule has 0 bridgehead atoms. The number of rotatable bonds is 3. The van der Waals surface area contributed by atoms with E-state index in [-0.39, 0.29) is 6.42 Å². The van der Waals surface area contributed by atoms with E-state index in [2.05, 4.69) is 10.1 Å². The van der Waals surface area contributed by atoms with E-state index < -0.39 is 0 Å². The van der Waals surface area contributed by atoms with Gasteiger partial charge in [0.25, 0.3) is 0 Å². The summed E-state index contributed by atoms with van der Waals surface area (Å²) in [6.07, 6.45) is 0.264. The Morgan fingerprint density at radius 1 is 1.35 bits per heavy atom. The van der Waals surface area contributed by atoms with Crippen LogP contribution in [0.4, 0.5) is 5.69 Å². The van der Waals surface area contributed by atoms with Crippen LogP contribution in [-0.2, 0) is 0 Å². The van der Waals surface area contributed by atoms with Gasteiger partial charge < -0.3 is 5.21 Å². The number of amidine groups is 1. The highest BCUT2D eigenvalue weighted by molar-refractivity contribution is 6.02. The molecule has 5 heteroatoms. The third-order valence-corrected chi connectivity index (χ3v) is 2.33. The van der Waals surface area contributed by atoms with Gasteiger partial charge in [0.1, 0.15) is 5.84 Å². The SMILES string of the molecule is CC(CC(=Nc1ccc(C)cc1C)NO)=NO. The lowest BCUT2D eigenvalue weighted by Crippen LogP contribution is -2.21. The molecule has 1 aromatic carbocycles. The van der Waals surface area contributed by atoms with Crippen LogP contribution in [0.2, 0.25) is 0 Å². The number of benzene rings is 1. The molecule has 92 valence electrons. The lowest BCUT2D eigenvalue weighted by molar-refractivity contribution is 0.233. The van der Waals surface area contributed by atoms with Crippen LogP contribution < -0.4 is 5.48 Å². The van der Waals surface area contributed by atoms with Crippen molar-refractivity contribution in [3.8, 4) is 0 Å². The van der Waals surface area contributed by atoms with Crippen LogP contribution in [0.3, 0.4) is 0 Å². The fourth-order valence-electron chi connectivity index (χ4n) is 1.46. The zero-order chi connectivity index (χ0) is 12.8. The second-order valence-electron chi connectivity index (χ2n) is 3.97.